The lowest BCUT2D eigenvalue weighted by molar-refractivity contribution is 0.0695. The minimum atomic E-state index is -1.27. The van der Waals surface area contributed by atoms with Crippen molar-refractivity contribution >= 4 is 22.6 Å². The van der Waals surface area contributed by atoms with Crippen LogP contribution in [0.1, 0.15) is 49.5 Å². The van der Waals surface area contributed by atoms with Crippen molar-refractivity contribution in [1.82, 2.24) is 9.47 Å². The molecule has 2 aromatic rings. The van der Waals surface area contributed by atoms with Crippen molar-refractivity contribution in [3.05, 3.63) is 39.9 Å². The number of carboxylic acid groups (broad SMARTS) is 1. The summed E-state index contributed by atoms with van der Waals surface area (Å²) >= 11 is 0. The summed E-state index contributed by atoms with van der Waals surface area (Å²) in [5.74, 6) is -1.72. The summed E-state index contributed by atoms with van der Waals surface area (Å²) in [6, 6.07) is 3.45. The summed E-state index contributed by atoms with van der Waals surface area (Å²) in [5, 5.41) is 9.54. The Morgan fingerprint density at radius 3 is 2.64 bits per heavy atom. The molecule has 0 amide bonds. The predicted molar refractivity (Wildman–Crippen MR) is 105 cm³/mol. The molecule has 1 aromatic heterocycles. The van der Waals surface area contributed by atoms with Gasteiger partial charge in [0.15, 0.2) is 0 Å². The molecule has 0 radical (unpaired) electrons. The molecule has 1 aromatic carbocycles. The Morgan fingerprint density at radius 2 is 1.96 bits per heavy atom. The Hall–Kier alpha value is -2.41. The summed E-state index contributed by atoms with van der Waals surface area (Å²) < 4.78 is 17.0. The Balaban J connectivity index is 1.70. The molecule has 1 saturated carbocycles. The highest BCUT2D eigenvalue weighted by atomic mass is 19.1. The van der Waals surface area contributed by atoms with Crippen molar-refractivity contribution < 1.29 is 14.3 Å². The summed E-state index contributed by atoms with van der Waals surface area (Å²) in [7, 11) is 0. The number of nitrogens with zero attached hydrogens (tertiary/aromatic N) is 3. The number of anilines is 1. The highest BCUT2D eigenvalue weighted by Crippen LogP contribution is 2.40. The summed E-state index contributed by atoms with van der Waals surface area (Å²) in [6.07, 6.45) is 4.31. The van der Waals surface area contributed by atoms with Gasteiger partial charge in [0.2, 0.25) is 5.43 Å². The number of carbonyl (C=O) groups is 1. The number of aromatic carboxylic acids is 1. The van der Waals surface area contributed by atoms with E-state index in [4.69, 9.17) is 0 Å². The molecule has 3 fully saturated rings. The molecule has 1 aliphatic carbocycles. The van der Waals surface area contributed by atoms with E-state index in [1.165, 1.54) is 12.3 Å². The van der Waals surface area contributed by atoms with E-state index < -0.39 is 17.2 Å². The van der Waals surface area contributed by atoms with Crippen LogP contribution in [0.5, 0.6) is 0 Å². The van der Waals surface area contributed by atoms with Crippen molar-refractivity contribution in [2.45, 2.75) is 50.7 Å². The van der Waals surface area contributed by atoms with E-state index in [2.05, 4.69) is 23.6 Å². The number of benzene rings is 1. The molecule has 2 atom stereocenters. The quantitative estimate of drug-likeness (QED) is 0.880. The number of hydrogen-bond acceptors (Lipinski definition) is 4. The molecule has 6 nitrogen and oxygen atoms in total. The van der Waals surface area contributed by atoms with Crippen molar-refractivity contribution in [3.8, 4) is 0 Å². The molecule has 7 heteroatoms. The molecule has 3 aliphatic rings. The fourth-order valence-corrected chi connectivity index (χ4v) is 4.86. The molecule has 2 bridgehead atoms. The van der Waals surface area contributed by atoms with Crippen molar-refractivity contribution in [2.75, 3.05) is 24.5 Å². The molecular weight excluding hydrogens is 361 g/mol. The number of fused-ring (bicyclic) bond motifs is 3. The molecule has 5 rings (SSSR count). The first-order valence-electron chi connectivity index (χ1n) is 9.89. The van der Waals surface area contributed by atoms with Gasteiger partial charge in [-0.2, -0.15) is 0 Å². The van der Waals surface area contributed by atoms with Crippen LogP contribution >= 0.6 is 0 Å². The van der Waals surface area contributed by atoms with Gasteiger partial charge in [0.05, 0.1) is 11.2 Å². The number of carboxylic acids is 1. The fourth-order valence-electron chi connectivity index (χ4n) is 4.86. The molecule has 2 saturated heterocycles. The Bertz CT molecular complexity index is 1060. The van der Waals surface area contributed by atoms with E-state index in [-0.39, 0.29) is 28.6 Å². The minimum Gasteiger partial charge on any atom is -0.477 e. The third-order valence-electron chi connectivity index (χ3n) is 6.60. The van der Waals surface area contributed by atoms with Gasteiger partial charge in [0.1, 0.15) is 11.4 Å². The molecule has 0 spiro atoms. The largest absolute Gasteiger partial charge is 0.477 e. The van der Waals surface area contributed by atoms with Crippen LogP contribution in [0.15, 0.2) is 23.1 Å². The molecule has 2 unspecified atom stereocenters. The summed E-state index contributed by atoms with van der Waals surface area (Å²) in [4.78, 5) is 28.7. The number of aromatic nitrogens is 1. The third kappa shape index (κ3) is 2.56. The predicted octanol–water partition coefficient (Wildman–Crippen LogP) is 2.85. The van der Waals surface area contributed by atoms with Crippen LogP contribution in [0.25, 0.3) is 10.9 Å². The van der Waals surface area contributed by atoms with Crippen LogP contribution in [0.4, 0.5) is 10.1 Å². The van der Waals surface area contributed by atoms with Gasteiger partial charge in [-0.1, -0.05) is 0 Å². The highest BCUT2D eigenvalue weighted by molar-refractivity contribution is 5.93. The van der Waals surface area contributed by atoms with E-state index in [1.54, 1.807) is 6.07 Å². The summed E-state index contributed by atoms with van der Waals surface area (Å²) in [6.45, 7) is 7.01. The first kappa shape index (κ1) is 17.7. The van der Waals surface area contributed by atoms with Gasteiger partial charge >= 0.3 is 5.97 Å². The van der Waals surface area contributed by atoms with Crippen LogP contribution < -0.4 is 10.3 Å². The van der Waals surface area contributed by atoms with E-state index in [0.29, 0.717) is 11.2 Å². The van der Waals surface area contributed by atoms with Crippen LogP contribution in [-0.2, 0) is 0 Å². The van der Waals surface area contributed by atoms with Gasteiger partial charge in [0, 0.05) is 48.8 Å². The molecule has 28 heavy (non-hydrogen) atoms. The lowest BCUT2D eigenvalue weighted by Gasteiger charge is -2.46. The van der Waals surface area contributed by atoms with Gasteiger partial charge in [-0.15, -0.1) is 0 Å². The van der Waals surface area contributed by atoms with Crippen LogP contribution in [0.3, 0.4) is 0 Å². The average molecular weight is 385 g/mol. The van der Waals surface area contributed by atoms with Crippen LogP contribution in [0, 0.1) is 5.82 Å². The molecule has 3 heterocycles. The Labute approximate surface area is 162 Å². The minimum absolute atomic E-state index is 0.0439. The summed E-state index contributed by atoms with van der Waals surface area (Å²) in [5.41, 5.74) is 0.196. The Kier molecular flexibility index (Phi) is 3.66. The zero-order valence-electron chi connectivity index (χ0n) is 16.1. The second-order valence-corrected chi connectivity index (χ2v) is 8.97. The van der Waals surface area contributed by atoms with Crippen molar-refractivity contribution in [1.29, 1.82) is 0 Å². The van der Waals surface area contributed by atoms with Gasteiger partial charge in [-0.3, -0.25) is 9.69 Å². The van der Waals surface area contributed by atoms with Gasteiger partial charge in [-0.25, -0.2) is 9.18 Å². The van der Waals surface area contributed by atoms with Gasteiger partial charge in [0.25, 0.3) is 0 Å². The van der Waals surface area contributed by atoms with Gasteiger partial charge in [-0.05, 0) is 45.2 Å². The number of halogens is 1. The average Bonchev–Trinajstić information content (AvgIpc) is 3.36. The third-order valence-corrected chi connectivity index (χ3v) is 6.60. The maximum atomic E-state index is 15.2. The van der Waals surface area contributed by atoms with Gasteiger partial charge < -0.3 is 14.6 Å². The van der Waals surface area contributed by atoms with E-state index in [9.17, 15) is 14.7 Å². The Morgan fingerprint density at radius 1 is 1.21 bits per heavy atom. The smallest absolute Gasteiger partial charge is 0.341 e. The second-order valence-electron chi connectivity index (χ2n) is 8.97. The monoisotopic (exact) mass is 385 g/mol. The molecule has 148 valence electrons. The number of piperazine rings is 1. The lowest BCUT2D eigenvalue weighted by Crippen LogP contribution is -2.58. The maximum absolute atomic E-state index is 15.2. The normalized spacial score (nSPS) is 26.0. The van der Waals surface area contributed by atoms with E-state index in [0.717, 1.165) is 38.9 Å². The SMILES string of the molecule is CC1(C)CN(c2cc3c(cc2F)c(=O)c(C(=O)O)cn3C2CC2)C2CCN1C2. The fraction of sp³-hybridized carbons (Fsp3) is 0.524. The first-order chi connectivity index (χ1) is 13.3. The van der Waals surface area contributed by atoms with E-state index >= 15 is 4.39 Å². The standard InChI is InChI=1S/C21H24FN3O3/c1-21(2)11-25(13-5-6-23(21)9-13)18-8-17-14(7-16(18)22)19(26)15(20(27)28)10-24(17)12-3-4-12/h7-8,10,12-13H,3-6,9,11H2,1-2H3,(H,27,28). The number of hydrogen-bond donors (Lipinski definition) is 1. The molecular formula is C21H24FN3O3. The number of rotatable bonds is 3. The van der Waals surface area contributed by atoms with Crippen LogP contribution in [0.2, 0.25) is 0 Å². The van der Waals surface area contributed by atoms with Crippen molar-refractivity contribution in [2.24, 2.45) is 0 Å². The zero-order valence-corrected chi connectivity index (χ0v) is 16.1. The highest BCUT2D eigenvalue weighted by Gasteiger charge is 2.44. The topological polar surface area (TPSA) is 65.8 Å². The van der Waals surface area contributed by atoms with Crippen LogP contribution in [-0.4, -0.2) is 51.8 Å². The second kappa shape index (κ2) is 5.80. The number of pyridine rings is 1. The first-order valence-corrected chi connectivity index (χ1v) is 9.89. The molecule has 1 N–H and O–H groups in total. The van der Waals surface area contributed by atoms with E-state index in [1.807, 2.05) is 4.57 Å². The molecule has 2 aliphatic heterocycles. The maximum Gasteiger partial charge on any atom is 0.341 e. The lowest BCUT2D eigenvalue weighted by atomic mass is 9.97. The van der Waals surface area contributed by atoms with Crippen molar-refractivity contribution in [3.63, 3.8) is 0 Å². The zero-order chi connectivity index (χ0) is 19.8.